The summed E-state index contributed by atoms with van der Waals surface area (Å²) in [6.07, 6.45) is 6.00. The second kappa shape index (κ2) is 8.05. The predicted octanol–water partition coefficient (Wildman–Crippen LogP) is 5.12. The van der Waals surface area contributed by atoms with Gasteiger partial charge < -0.3 is 4.90 Å². The maximum atomic E-state index is 12.3. The SMILES string of the molecule is C[C@H](CCCCCC(C)(C)C)C(=O)N(C)CC(C)(C)C. The summed E-state index contributed by atoms with van der Waals surface area (Å²) in [5.41, 5.74) is 0.616. The summed E-state index contributed by atoms with van der Waals surface area (Å²) < 4.78 is 0. The Morgan fingerprint density at radius 3 is 1.95 bits per heavy atom. The Morgan fingerprint density at radius 2 is 1.50 bits per heavy atom. The summed E-state index contributed by atoms with van der Waals surface area (Å²) in [5.74, 6) is 0.465. The van der Waals surface area contributed by atoms with Gasteiger partial charge in [0.05, 0.1) is 0 Å². The van der Waals surface area contributed by atoms with Gasteiger partial charge in [0.15, 0.2) is 0 Å². The molecule has 0 rings (SSSR count). The van der Waals surface area contributed by atoms with Crippen LogP contribution in [0.1, 0.15) is 80.6 Å². The molecule has 0 radical (unpaired) electrons. The minimum absolute atomic E-state index is 0.164. The quantitative estimate of drug-likeness (QED) is 0.594. The van der Waals surface area contributed by atoms with Crippen molar-refractivity contribution in [3.05, 3.63) is 0 Å². The summed E-state index contributed by atoms with van der Waals surface area (Å²) in [6, 6.07) is 0. The first-order valence-corrected chi connectivity index (χ1v) is 8.17. The van der Waals surface area contributed by atoms with E-state index in [0.717, 1.165) is 13.0 Å². The highest BCUT2D eigenvalue weighted by atomic mass is 16.2. The molecule has 0 aliphatic heterocycles. The largest absolute Gasteiger partial charge is 0.345 e. The number of hydrogen-bond donors (Lipinski definition) is 0. The zero-order valence-corrected chi connectivity index (χ0v) is 15.2. The number of nitrogens with zero attached hydrogens (tertiary/aromatic N) is 1. The van der Waals surface area contributed by atoms with E-state index in [9.17, 15) is 4.79 Å². The molecule has 0 saturated carbocycles. The molecule has 0 aliphatic rings. The molecule has 0 heterocycles. The molecule has 0 fully saturated rings. The summed E-state index contributed by atoms with van der Waals surface area (Å²) in [7, 11) is 1.93. The molecule has 1 atom stereocenters. The van der Waals surface area contributed by atoms with Crippen LogP contribution in [0.4, 0.5) is 0 Å². The molecular formula is C18H37NO. The Morgan fingerprint density at radius 1 is 0.950 bits per heavy atom. The molecule has 0 spiro atoms. The molecule has 0 aromatic rings. The van der Waals surface area contributed by atoms with Crippen LogP contribution in [0.2, 0.25) is 0 Å². The number of unbranched alkanes of at least 4 members (excludes halogenated alkanes) is 2. The van der Waals surface area contributed by atoms with Crippen LogP contribution >= 0.6 is 0 Å². The average Bonchev–Trinajstić information content (AvgIpc) is 2.23. The van der Waals surface area contributed by atoms with E-state index in [2.05, 4.69) is 48.5 Å². The maximum absolute atomic E-state index is 12.3. The Kier molecular flexibility index (Phi) is 7.83. The Labute approximate surface area is 127 Å². The van der Waals surface area contributed by atoms with Crippen molar-refractivity contribution in [3.63, 3.8) is 0 Å². The minimum Gasteiger partial charge on any atom is -0.345 e. The monoisotopic (exact) mass is 283 g/mol. The van der Waals surface area contributed by atoms with Crippen molar-refractivity contribution in [1.82, 2.24) is 4.90 Å². The molecule has 0 aromatic carbocycles. The van der Waals surface area contributed by atoms with Crippen LogP contribution in [0, 0.1) is 16.7 Å². The first-order chi connectivity index (χ1) is 8.92. The van der Waals surface area contributed by atoms with Gasteiger partial charge in [-0.15, -0.1) is 0 Å². The van der Waals surface area contributed by atoms with E-state index in [-0.39, 0.29) is 11.3 Å². The summed E-state index contributed by atoms with van der Waals surface area (Å²) >= 11 is 0. The van der Waals surface area contributed by atoms with Crippen LogP contribution in [0.3, 0.4) is 0 Å². The smallest absolute Gasteiger partial charge is 0.225 e. The number of rotatable bonds is 7. The van der Waals surface area contributed by atoms with E-state index in [1.807, 2.05) is 11.9 Å². The predicted molar refractivity (Wildman–Crippen MR) is 88.8 cm³/mol. The molecular weight excluding hydrogens is 246 g/mol. The van der Waals surface area contributed by atoms with Gasteiger partial charge in [-0.2, -0.15) is 0 Å². The topological polar surface area (TPSA) is 20.3 Å². The van der Waals surface area contributed by atoms with Gasteiger partial charge in [-0.05, 0) is 23.7 Å². The molecule has 0 unspecified atom stereocenters. The normalized spacial score (nSPS) is 14.2. The molecule has 120 valence electrons. The second-order valence-corrected chi connectivity index (χ2v) is 8.82. The fraction of sp³-hybridized carbons (Fsp3) is 0.944. The van der Waals surface area contributed by atoms with Gasteiger partial charge in [0.2, 0.25) is 5.91 Å². The minimum atomic E-state index is 0.164. The van der Waals surface area contributed by atoms with Gasteiger partial charge in [-0.25, -0.2) is 0 Å². The molecule has 2 heteroatoms. The van der Waals surface area contributed by atoms with Gasteiger partial charge >= 0.3 is 0 Å². The lowest BCUT2D eigenvalue weighted by molar-refractivity contribution is -0.135. The molecule has 1 amide bonds. The van der Waals surface area contributed by atoms with Crippen molar-refractivity contribution in [2.24, 2.45) is 16.7 Å². The fourth-order valence-electron chi connectivity index (χ4n) is 2.57. The molecule has 0 bridgehead atoms. The van der Waals surface area contributed by atoms with Gasteiger partial charge in [-0.3, -0.25) is 4.79 Å². The van der Waals surface area contributed by atoms with Crippen molar-refractivity contribution in [3.8, 4) is 0 Å². The molecule has 20 heavy (non-hydrogen) atoms. The Hall–Kier alpha value is -0.530. The van der Waals surface area contributed by atoms with E-state index in [4.69, 9.17) is 0 Å². The van der Waals surface area contributed by atoms with E-state index < -0.39 is 0 Å². The van der Waals surface area contributed by atoms with Gasteiger partial charge in [-0.1, -0.05) is 67.7 Å². The average molecular weight is 284 g/mol. The maximum Gasteiger partial charge on any atom is 0.225 e. The van der Waals surface area contributed by atoms with Crippen LogP contribution in [0.5, 0.6) is 0 Å². The number of amides is 1. The van der Waals surface area contributed by atoms with Crippen molar-refractivity contribution in [2.75, 3.05) is 13.6 Å². The standard InChI is InChI=1S/C18H37NO/c1-15(12-10-9-11-13-17(2,3)4)16(20)19(8)14-18(5,6)7/h15H,9-14H2,1-8H3/t15-/m1/s1. The lowest BCUT2D eigenvalue weighted by Crippen LogP contribution is -2.37. The summed E-state index contributed by atoms with van der Waals surface area (Å²) in [5, 5.41) is 0. The zero-order valence-electron chi connectivity index (χ0n) is 15.2. The van der Waals surface area contributed by atoms with E-state index in [0.29, 0.717) is 11.3 Å². The lowest BCUT2D eigenvalue weighted by atomic mass is 9.89. The summed E-state index contributed by atoms with van der Waals surface area (Å²) in [4.78, 5) is 14.2. The van der Waals surface area contributed by atoms with Crippen LogP contribution in [-0.4, -0.2) is 24.4 Å². The lowest BCUT2D eigenvalue weighted by Gasteiger charge is -2.28. The summed E-state index contributed by atoms with van der Waals surface area (Å²) in [6.45, 7) is 16.3. The molecule has 0 aromatic heterocycles. The zero-order chi connectivity index (χ0) is 16.0. The third kappa shape index (κ3) is 10.3. The molecule has 0 aliphatic carbocycles. The molecule has 2 nitrogen and oxygen atoms in total. The van der Waals surface area contributed by atoms with Crippen LogP contribution in [-0.2, 0) is 4.79 Å². The van der Waals surface area contributed by atoms with Crippen LogP contribution in [0.25, 0.3) is 0 Å². The third-order valence-electron chi connectivity index (χ3n) is 3.57. The van der Waals surface area contributed by atoms with Crippen LogP contribution < -0.4 is 0 Å². The van der Waals surface area contributed by atoms with Gasteiger partial charge in [0.1, 0.15) is 0 Å². The molecule has 0 saturated heterocycles. The van der Waals surface area contributed by atoms with E-state index >= 15 is 0 Å². The fourth-order valence-corrected chi connectivity index (χ4v) is 2.57. The number of carbonyl (C=O) groups excluding carboxylic acids is 1. The van der Waals surface area contributed by atoms with Crippen molar-refractivity contribution < 1.29 is 4.79 Å². The Balaban J connectivity index is 3.91. The number of hydrogen-bond acceptors (Lipinski definition) is 1. The van der Waals surface area contributed by atoms with Crippen molar-refractivity contribution >= 4 is 5.91 Å². The van der Waals surface area contributed by atoms with Crippen molar-refractivity contribution in [1.29, 1.82) is 0 Å². The highest BCUT2D eigenvalue weighted by Gasteiger charge is 2.21. The van der Waals surface area contributed by atoms with Crippen LogP contribution in [0.15, 0.2) is 0 Å². The highest BCUT2D eigenvalue weighted by molar-refractivity contribution is 5.78. The second-order valence-electron chi connectivity index (χ2n) is 8.82. The Bertz CT molecular complexity index is 283. The molecule has 0 N–H and O–H groups in total. The van der Waals surface area contributed by atoms with E-state index in [1.54, 1.807) is 0 Å². The first-order valence-electron chi connectivity index (χ1n) is 8.17. The van der Waals surface area contributed by atoms with Gasteiger partial charge in [0, 0.05) is 19.5 Å². The number of carbonyl (C=O) groups is 1. The van der Waals surface area contributed by atoms with Crippen molar-refractivity contribution in [2.45, 2.75) is 80.6 Å². The first kappa shape index (κ1) is 19.5. The van der Waals surface area contributed by atoms with E-state index in [1.165, 1.54) is 25.7 Å². The highest BCUT2D eigenvalue weighted by Crippen LogP contribution is 2.23. The third-order valence-corrected chi connectivity index (χ3v) is 3.57. The van der Waals surface area contributed by atoms with Gasteiger partial charge in [0.25, 0.3) is 0 Å².